The van der Waals surface area contributed by atoms with Gasteiger partial charge in [0.2, 0.25) is 0 Å². The van der Waals surface area contributed by atoms with Gasteiger partial charge in [0.1, 0.15) is 0 Å². The van der Waals surface area contributed by atoms with Crippen LogP contribution in [0.15, 0.2) is 15.9 Å². The first-order valence-electron chi connectivity index (χ1n) is 9.50. The van der Waals surface area contributed by atoms with E-state index < -0.39 is 0 Å². The maximum atomic E-state index is 4.12. The Morgan fingerprint density at radius 2 is 1.08 bits per heavy atom. The summed E-state index contributed by atoms with van der Waals surface area (Å²) in [6, 6.07) is 0.747. The molecule has 0 aromatic carbocycles. The van der Waals surface area contributed by atoms with Crippen LogP contribution in [0.25, 0.3) is 10.6 Å². The zero-order chi connectivity index (χ0) is 20.7. The minimum atomic E-state index is 0.374. The largest absolute Gasteiger partial charge is 0.320 e. The summed E-state index contributed by atoms with van der Waals surface area (Å²) >= 11 is 1.35. The molecule has 0 rings (SSSR count). The Kier molecular flexibility index (Phi) is 37.2. The van der Waals surface area contributed by atoms with Crippen molar-refractivity contribution in [2.24, 2.45) is 3.50 Å². The van der Waals surface area contributed by atoms with Crippen molar-refractivity contribution < 1.29 is 19.6 Å². The van der Waals surface area contributed by atoms with Crippen LogP contribution in [0, 0.1) is 11.8 Å². The van der Waals surface area contributed by atoms with Crippen LogP contribution in [0.3, 0.4) is 0 Å². The second-order valence-corrected chi connectivity index (χ2v) is 7.69. The SMILES string of the molecule is CC(C)[N-]/C=C\[N-]C(C)C.CCC[N]=[W].CC[C-](C)C.CC[C-](C)C. The van der Waals surface area contributed by atoms with Gasteiger partial charge in [0.25, 0.3) is 0 Å². The van der Waals surface area contributed by atoms with Crippen molar-refractivity contribution in [2.45, 2.75) is 108 Å². The summed E-state index contributed by atoms with van der Waals surface area (Å²) in [6.07, 6.45) is 7.15. The van der Waals surface area contributed by atoms with Crippen LogP contribution in [0.4, 0.5) is 0 Å². The monoisotopic (exact) mass is 523 g/mol. The van der Waals surface area contributed by atoms with E-state index in [0.29, 0.717) is 12.1 Å². The van der Waals surface area contributed by atoms with E-state index in [4.69, 9.17) is 0 Å². The molecule has 0 aromatic rings. The Balaban J connectivity index is -0.000000126. The van der Waals surface area contributed by atoms with Gasteiger partial charge in [-0.15, -0.1) is 12.1 Å². The van der Waals surface area contributed by atoms with Crippen LogP contribution in [0.1, 0.15) is 95.4 Å². The maximum absolute atomic E-state index is 4.12. The number of hydrogen-bond donors (Lipinski definition) is 0. The second kappa shape index (κ2) is 28.6. The molecule has 0 aromatic heterocycles. The Morgan fingerprint density at radius 3 is 1.16 bits per heavy atom. The molecule has 0 N–H and O–H groups in total. The molecule has 0 unspecified atom stereocenters. The molecule has 25 heavy (non-hydrogen) atoms. The Labute approximate surface area is 172 Å². The summed E-state index contributed by atoms with van der Waals surface area (Å²) < 4.78 is 3.94. The molecule has 0 spiro atoms. The van der Waals surface area contributed by atoms with Crippen LogP contribution in [-0.4, -0.2) is 18.6 Å². The fourth-order valence-corrected chi connectivity index (χ4v) is 1.17. The number of nitrogens with zero attached hydrogens (tertiary/aromatic N) is 3. The average Bonchev–Trinajstić information content (AvgIpc) is 2.53. The van der Waals surface area contributed by atoms with E-state index in [9.17, 15) is 0 Å². The van der Waals surface area contributed by atoms with Crippen molar-refractivity contribution in [1.29, 1.82) is 0 Å². The van der Waals surface area contributed by atoms with Crippen LogP contribution < -0.4 is 0 Å². The molecule has 0 fully saturated rings. The van der Waals surface area contributed by atoms with Gasteiger partial charge in [-0.1, -0.05) is 41.5 Å². The molecule has 0 radical (unpaired) electrons. The molecular weight excluding hydrogens is 478 g/mol. The van der Waals surface area contributed by atoms with Crippen LogP contribution >= 0.6 is 0 Å². The Morgan fingerprint density at radius 1 is 0.800 bits per heavy atom. The Bertz CT molecular complexity index is 230. The summed E-state index contributed by atoms with van der Waals surface area (Å²) in [5.74, 6) is 3.01. The van der Waals surface area contributed by atoms with E-state index in [2.05, 4.69) is 62.6 Å². The summed E-state index contributed by atoms with van der Waals surface area (Å²) in [4.78, 5) is 0. The molecular formula is C21H45N3W-4. The second-order valence-electron chi connectivity index (χ2n) is 6.76. The predicted molar refractivity (Wildman–Crippen MR) is 113 cm³/mol. The molecule has 0 saturated heterocycles. The molecule has 0 heterocycles. The van der Waals surface area contributed by atoms with E-state index in [1.54, 1.807) is 12.4 Å². The van der Waals surface area contributed by atoms with E-state index >= 15 is 0 Å². The fraction of sp³-hybridized carbons (Fsp3) is 0.810. The van der Waals surface area contributed by atoms with Crippen molar-refractivity contribution in [3.8, 4) is 0 Å². The van der Waals surface area contributed by atoms with Crippen molar-refractivity contribution in [3.05, 3.63) is 34.9 Å². The minimum Gasteiger partial charge on any atom is -0.320 e. The van der Waals surface area contributed by atoms with E-state index in [0.717, 1.165) is 6.54 Å². The molecule has 0 atom stereocenters. The summed E-state index contributed by atoms with van der Waals surface area (Å²) in [6.45, 7) is 24.2. The van der Waals surface area contributed by atoms with E-state index in [1.807, 2.05) is 27.7 Å². The smallest absolute Gasteiger partial charge is 0.0923 e. The standard InChI is InChI=1S/C8H16N2.2C5H11.C3H7N.W/c1-7(2)9-5-6-10-8(3)4;2*1-4-5(2)3;1-2-3-4;/h5-8H,1-4H3;2*4H2,1-3H3;2-3H2,1H3;/q-2;2*-1;;/b6-5-;;;;. The van der Waals surface area contributed by atoms with Gasteiger partial charge in [-0.25, -0.2) is 12.4 Å². The van der Waals surface area contributed by atoms with Gasteiger partial charge in [-0.3, -0.25) is 0 Å². The van der Waals surface area contributed by atoms with Gasteiger partial charge in [-0.2, -0.15) is 40.5 Å². The summed E-state index contributed by atoms with van der Waals surface area (Å²) in [7, 11) is 0. The van der Waals surface area contributed by atoms with E-state index in [1.165, 1.54) is 50.7 Å². The van der Waals surface area contributed by atoms with Gasteiger partial charge < -0.3 is 22.5 Å². The molecule has 0 bridgehead atoms. The van der Waals surface area contributed by atoms with Crippen molar-refractivity contribution in [1.82, 2.24) is 0 Å². The topological polar surface area (TPSA) is 40.6 Å². The van der Waals surface area contributed by atoms with Gasteiger partial charge in [-0.05, 0) is 0 Å². The normalized spacial score (nSPS) is 9.88. The zero-order valence-electron chi connectivity index (χ0n) is 18.9. The number of hydrogen-bond acceptors (Lipinski definition) is 1. The average molecular weight is 523 g/mol. The molecule has 0 aliphatic carbocycles. The van der Waals surface area contributed by atoms with Crippen molar-refractivity contribution in [3.63, 3.8) is 0 Å². The van der Waals surface area contributed by atoms with Gasteiger partial charge in [0.15, 0.2) is 0 Å². The maximum Gasteiger partial charge on any atom is -0.0923 e. The molecule has 4 heteroatoms. The third kappa shape index (κ3) is 69.0. The summed E-state index contributed by atoms with van der Waals surface area (Å²) in [5, 5.41) is 8.24. The Hall–Kier alpha value is -0.172. The third-order valence-electron chi connectivity index (χ3n) is 2.56. The van der Waals surface area contributed by atoms with Crippen LogP contribution in [0.2, 0.25) is 0 Å². The molecule has 0 aliphatic rings. The van der Waals surface area contributed by atoms with Crippen LogP contribution in [0.5, 0.6) is 0 Å². The molecule has 0 amide bonds. The van der Waals surface area contributed by atoms with Crippen molar-refractivity contribution in [2.75, 3.05) is 6.54 Å². The quantitative estimate of drug-likeness (QED) is 0.288. The summed E-state index contributed by atoms with van der Waals surface area (Å²) in [5.41, 5.74) is 0. The molecule has 0 aliphatic heterocycles. The predicted octanol–water partition coefficient (Wildman–Crippen LogP) is 8.17. The number of rotatable bonds is 8. The first kappa shape index (κ1) is 32.5. The first-order chi connectivity index (χ1) is 11.6. The molecule has 0 saturated carbocycles. The molecule has 154 valence electrons. The van der Waals surface area contributed by atoms with Gasteiger partial charge >= 0.3 is 43.0 Å². The minimum absolute atomic E-state index is 0.374. The van der Waals surface area contributed by atoms with Gasteiger partial charge in [0, 0.05) is 0 Å². The van der Waals surface area contributed by atoms with E-state index in [-0.39, 0.29) is 0 Å². The first-order valence-corrected chi connectivity index (χ1v) is 10.8. The fourth-order valence-electron chi connectivity index (χ4n) is 0.513. The van der Waals surface area contributed by atoms with Crippen molar-refractivity contribution >= 4 is 0 Å². The zero-order valence-corrected chi connectivity index (χ0v) is 21.8. The van der Waals surface area contributed by atoms with Gasteiger partial charge in [0.05, 0.1) is 0 Å². The molecule has 3 nitrogen and oxygen atoms in total. The third-order valence-corrected chi connectivity index (χ3v) is 3.22. The van der Waals surface area contributed by atoms with Crippen LogP contribution in [-0.2, 0) is 19.6 Å².